The Balaban J connectivity index is 2.29. The number of piperidine rings is 1. The zero-order chi connectivity index (χ0) is 8.97. The van der Waals surface area contributed by atoms with Crippen LogP contribution >= 0.6 is 0 Å². The lowest BCUT2D eigenvalue weighted by atomic mass is 10.1. The first kappa shape index (κ1) is 9.92. The third-order valence-corrected chi connectivity index (χ3v) is 3.37. The summed E-state index contributed by atoms with van der Waals surface area (Å²) in [5.41, 5.74) is 0. The summed E-state index contributed by atoms with van der Waals surface area (Å²) in [4.78, 5) is 1.97. The highest BCUT2D eigenvalue weighted by Gasteiger charge is 2.20. The van der Waals surface area contributed by atoms with Crippen molar-refractivity contribution in [3.8, 4) is 0 Å². The maximum absolute atomic E-state index is 11.9. The SMILES string of the molecule is O=[SH](=O)C1CCN(CCF)CC1. The van der Waals surface area contributed by atoms with Gasteiger partial charge in [-0.05, 0) is 25.9 Å². The van der Waals surface area contributed by atoms with Crippen LogP contribution in [0.3, 0.4) is 0 Å². The van der Waals surface area contributed by atoms with Crippen molar-refractivity contribution in [2.45, 2.75) is 18.1 Å². The number of thiol groups is 1. The van der Waals surface area contributed by atoms with Gasteiger partial charge in [0.1, 0.15) is 17.4 Å². The zero-order valence-electron chi connectivity index (χ0n) is 6.91. The Kier molecular flexibility index (Phi) is 3.94. The fourth-order valence-electron chi connectivity index (χ4n) is 1.47. The smallest absolute Gasteiger partial charge is 0.143 e. The summed E-state index contributed by atoms with van der Waals surface area (Å²) in [5, 5.41) is -0.170. The van der Waals surface area contributed by atoms with E-state index in [2.05, 4.69) is 0 Å². The molecule has 72 valence electrons. The van der Waals surface area contributed by atoms with E-state index in [1.165, 1.54) is 0 Å². The predicted octanol–water partition coefficient (Wildman–Crippen LogP) is 0.0317. The van der Waals surface area contributed by atoms with E-state index < -0.39 is 10.7 Å². The predicted molar refractivity (Wildman–Crippen MR) is 45.8 cm³/mol. The normalized spacial score (nSPS) is 21.8. The molecule has 0 aliphatic carbocycles. The van der Waals surface area contributed by atoms with Crippen molar-refractivity contribution >= 4 is 10.7 Å². The molecular formula is C7H14FNO2S. The maximum Gasteiger partial charge on any atom is 0.143 e. The second kappa shape index (κ2) is 4.77. The molecule has 1 heterocycles. The molecule has 0 bridgehead atoms. The van der Waals surface area contributed by atoms with Crippen LogP contribution in [0.25, 0.3) is 0 Å². The van der Waals surface area contributed by atoms with E-state index in [-0.39, 0.29) is 11.9 Å². The van der Waals surface area contributed by atoms with Crippen molar-refractivity contribution < 1.29 is 12.8 Å². The molecule has 0 saturated carbocycles. The van der Waals surface area contributed by atoms with Gasteiger partial charge in [-0.25, -0.2) is 12.8 Å². The Morgan fingerprint density at radius 1 is 1.33 bits per heavy atom. The first-order chi connectivity index (χ1) is 5.74. The first-order valence-corrected chi connectivity index (χ1v) is 5.40. The van der Waals surface area contributed by atoms with Gasteiger partial charge in [-0.3, -0.25) is 0 Å². The maximum atomic E-state index is 11.9. The minimum Gasteiger partial charge on any atom is -0.301 e. The number of rotatable bonds is 3. The minimum absolute atomic E-state index is 0.170. The molecule has 0 unspecified atom stereocenters. The summed E-state index contributed by atoms with van der Waals surface area (Å²) < 4.78 is 33.0. The van der Waals surface area contributed by atoms with Crippen molar-refractivity contribution in [3.05, 3.63) is 0 Å². The Labute approximate surface area is 73.5 Å². The van der Waals surface area contributed by atoms with Gasteiger partial charge in [0.25, 0.3) is 0 Å². The quantitative estimate of drug-likeness (QED) is 0.646. The highest BCUT2D eigenvalue weighted by Crippen LogP contribution is 2.12. The summed E-state index contributed by atoms with van der Waals surface area (Å²) in [6.45, 7) is 1.55. The molecule has 0 spiro atoms. The number of halogens is 1. The Hall–Kier alpha value is -0.160. The molecular weight excluding hydrogens is 181 g/mol. The molecule has 0 aromatic heterocycles. The Morgan fingerprint density at radius 2 is 1.92 bits per heavy atom. The van der Waals surface area contributed by atoms with Crippen LogP contribution in [0.2, 0.25) is 0 Å². The molecule has 0 N–H and O–H groups in total. The topological polar surface area (TPSA) is 37.4 Å². The molecule has 0 radical (unpaired) electrons. The van der Waals surface area contributed by atoms with Crippen LogP contribution in [0, 0.1) is 0 Å². The lowest BCUT2D eigenvalue weighted by Gasteiger charge is -2.28. The summed E-state index contributed by atoms with van der Waals surface area (Å²) in [6.07, 6.45) is 1.33. The second-order valence-electron chi connectivity index (χ2n) is 3.05. The van der Waals surface area contributed by atoms with Gasteiger partial charge >= 0.3 is 0 Å². The van der Waals surface area contributed by atoms with E-state index in [4.69, 9.17) is 0 Å². The summed E-state index contributed by atoms with van der Waals surface area (Å²) in [5.74, 6) is 0. The van der Waals surface area contributed by atoms with Gasteiger partial charge in [0.05, 0.1) is 5.25 Å². The first-order valence-electron chi connectivity index (χ1n) is 4.16. The van der Waals surface area contributed by atoms with Gasteiger partial charge in [-0.15, -0.1) is 0 Å². The molecule has 0 amide bonds. The Bertz CT molecular complexity index is 192. The van der Waals surface area contributed by atoms with Crippen molar-refractivity contribution in [2.24, 2.45) is 0 Å². The average Bonchev–Trinajstić information content (AvgIpc) is 2.06. The number of hydrogen-bond donors (Lipinski definition) is 1. The summed E-state index contributed by atoms with van der Waals surface area (Å²) in [7, 11) is -2.27. The molecule has 1 aliphatic heterocycles. The number of hydrogen-bond acceptors (Lipinski definition) is 3. The molecule has 12 heavy (non-hydrogen) atoms. The van der Waals surface area contributed by atoms with Gasteiger partial charge in [0, 0.05) is 6.54 Å². The highest BCUT2D eigenvalue weighted by atomic mass is 32.2. The van der Waals surface area contributed by atoms with Crippen LogP contribution in [0.5, 0.6) is 0 Å². The van der Waals surface area contributed by atoms with Crippen LogP contribution in [0.1, 0.15) is 12.8 Å². The van der Waals surface area contributed by atoms with Crippen molar-refractivity contribution in [2.75, 3.05) is 26.3 Å². The van der Waals surface area contributed by atoms with Crippen LogP contribution in [-0.4, -0.2) is 44.9 Å². The standard InChI is InChI=1S/C7H14FNO2S/c8-3-6-9-4-1-7(2-5-9)12(10)11/h7,12H,1-6H2. The molecule has 0 atom stereocenters. The van der Waals surface area contributed by atoms with E-state index in [9.17, 15) is 12.8 Å². The van der Waals surface area contributed by atoms with Gasteiger partial charge < -0.3 is 4.90 Å². The van der Waals surface area contributed by atoms with Crippen molar-refractivity contribution in [1.29, 1.82) is 0 Å². The summed E-state index contributed by atoms with van der Waals surface area (Å²) in [6, 6.07) is 0. The minimum atomic E-state index is -2.27. The molecule has 1 fully saturated rings. The van der Waals surface area contributed by atoms with E-state index in [1.807, 2.05) is 4.90 Å². The van der Waals surface area contributed by atoms with E-state index in [0.717, 1.165) is 13.1 Å². The molecule has 1 rings (SSSR count). The number of nitrogens with zero attached hydrogens (tertiary/aromatic N) is 1. The van der Waals surface area contributed by atoms with Crippen LogP contribution in [0.15, 0.2) is 0 Å². The molecule has 1 saturated heterocycles. The fourth-order valence-corrected chi connectivity index (χ4v) is 2.13. The fraction of sp³-hybridized carbons (Fsp3) is 1.00. The lowest BCUT2D eigenvalue weighted by molar-refractivity contribution is 0.212. The molecule has 3 nitrogen and oxygen atoms in total. The zero-order valence-corrected chi connectivity index (χ0v) is 7.80. The van der Waals surface area contributed by atoms with Crippen LogP contribution < -0.4 is 0 Å². The molecule has 1 aliphatic rings. The second-order valence-corrected chi connectivity index (χ2v) is 4.35. The summed E-state index contributed by atoms with van der Waals surface area (Å²) >= 11 is 0. The highest BCUT2D eigenvalue weighted by molar-refractivity contribution is 7.73. The van der Waals surface area contributed by atoms with E-state index in [0.29, 0.717) is 19.4 Å². The monoisotopic (exact) mass is 195 g/mol. The number of likely N-dealkylation sites (tertiary alicyclic amines) is 1. The van der Waals surface area contributed by atoms with Gasteiger partial charge in [0.2, 0.25) is 0 Å². The van der Waals surface area contributed by atoms with E-state index in [1.54, 1.807) is 0 Å². The Morgan fingerprint density at radius 3 is 2.33 bits per heavy atom. The van der Waals surface area contributed by atoms with Gasteiger partial charge in [-0.1, -0.05) is 0 Å². The third kappa shape index (κ3) is 2.71. The number of alkyl halides is 1. The van der Waals surface area contributed by atoms with E-state index >= 15 is 0 Å². The van der Waals surface area contributed by atoms with Crippen LogP contribution in [-0.2, 0) is 10.7 Å². The van der Waals surface area contributed by atoms with Gasteiger partial charge in [0.15, 0.2) is 0 Å². The van der Waals surface area contributed by atoms with Crippen molar-refractivity contribution in [3.63, 3.8) is 0 Å². The molecule has 0 aromatic rings. The van der Waals surface area contributed by atoms with Crippen LogP contribution in [0.4, 0.5) is 4.39 Å². The lowest BCUT2D eigenvalue weighted by Crippen LogP contribution is -2.37. The third-order valence-electron chi connectivity index (χ3n) is 2.26. The molecule has 5 heteroatoms. The van der Waals surface area contributed by atoms with Crippen molar-refractivity contribution in [1.82, 2.24) is 4.90 Å². The van der Waals surface area contributed by atoms with Gasteiger partial charge in [-0.2, -0.15) is 0 Å². The largest absolute Gasteiger partial charge is 0.301 e. The molecule has 0 aromatic carbocycles. The average molecular weight is 195 g/mol.